The van der Waals surface area contributed by atoms with E-state index in [9.17, 15) is 4.79 Å². The molecule has 31 heavy (non-hydrogen) atoms. The number of rotatable bonds is 4. The SMILES string of the molecule is O=C(C[NH+]1CCC[C@H]1c1ccc2c(c1)OCCCO2)N1CC=C(c2ccccc2)CC1. The fourth-order valence-corrected chi connectivity index (χ4v) is 5.04. The lowest BCUT2D eigenvalue weighted by Crippen LogP contribution is -3.11. The predicted octanol–water partition coefficient (Wildman–Crippen LogP) is 2.88. The first-order valence-electron chi connectivity index (χ1n) is 11.5. The number of hydrogen-bond acceptors (Lipinski definition) is 3. The molecule has 2 aromatic rings. The van der Waals surface area contributed by atoms with Crippen LogP contribution in [0.25, 0.3) is 5.57 Å². The smallest absolute Gasteiger partial charge is 0.278 e. The summed E-state index contributed by atoms with van der Waals surface area (Å²) in [5.74, 6) is 1.95. The summed E-state index contributed by atoms with van der Waals surface area (Å²) >= 11 is 0. The minimum absolute atomic E-state index is 0.264. The normalized spacial score (nSPS) is 23.2. The lowest BCUT2D eigenvalue weighted by atomic mass is 9.99. The van der Waals surface area contributed by atoms with Gasteiger partial charge in [0.25, 0.3) is 5.91 Å². The van der Waals surface area contributed by atoms with Crippen molar-refractivity contribution in [2.75, 3.05) is 39.4 Å². The number of carbonyl (C=O) groups excluding carboxylic acids is 1. The summed E-state index contributed by atoms with van der Waals surface area (Å²) in [6, 6.07) is 17.2. The van der Waals surface area contributed by atoms with E-state index in [-0.39, 0.29) is 5.91 Å². The van der Waals surface area contributed by atoms with E-state index in [1.54, 1.807) is 0 Å². The van der Waals surface area contributed by atoms with Crippen LogP contribution in [0.3, 0.4) is 0 Å². The molecule has 1 fully saturated rings. The van der Waals surface area contributed by atoms with E-state index in [0.29, 0.717) is 32.3 Å². The number of nitrogens with zero attached hydrogens (tertiary/aromatic N) is 1. The number of benzene rings is 2. The predicted molar refractivity (Wildman–Crippen MR) is 120 cm³/mol. The fraction of sp³-hybridized carbons (Fsp3) is 0.423. The molecule has 1 amide bonds. The molecule has 3 aliphatic rings. The van der Waals surface area contributed by atoms with Gasteiger partial charge in [0.2, 0.25) is 0 Å². The van der Waals surface area contributed by atoms with E-state index >= 15 is 0 Å². The third-order valence-electron chi connectivity index (χ3n) is 6.74. The van der Waals surface area contributed by atoms with Crippen molar-refractivity contribution >= 4 is 11.5 Å². The summed E-state index contributed by atoms with van der Waals surface area (Å²) in [7, 11) is 0. The molecule has 0 aromatic heterocycles. The topological polar surface area (TPSA) is 43.2 Å². The summed E-state index contributed by atoms with van der Waals surface area (Å²) in [4.78, 5) is 16.5. The van der Waals surface area contributed by atoms with Crippen molar-refractivity contribution in [3.63, 3.8) is 0 Å². The molecule has 2 atom stereocenters. The number of ether oxygens (including phenoxy) is 2. The van der Waals surface area contributed by atoms with Crippen LogP contribution in [0.2, 0.25) is 0 Å². The number of quaternary nitrogens is 1. The van der Waals surface area contributed by atoms with Gasteiger partial charge in [0.15, 0.2) is 18.0 Å². The highest BCUT2D eigenvalue weighted by Gasteiger charge is 2.34. The van der Waals surface area contributed by atoms with E-state index in [0.717, 1.165) is 50.3 Å². The van der Waals surface area contributed by atoms with Gasteiger partial charge in [-0.25, -0.2) is 0 Å². The first-order chi connectivity index (χ1) is 15.3. The lowest BCUT2D eigenvalue weighted by molar-refractivity contribution is -0.910. The van der Waals surface area contributed by atoms with Gasteiger partial charge >= 0.3 is 0 Å². The van der Waals surface area contributed by atoms with E-state index in [1.165, 1.54) is 21.6 Å². The van der Waals surface area contributed by atoms with Crippen LogP contribution in [0, 0.1) is 0 Å². The molecule has 0 saturated carbocycles. The highest BCUT2D eigenvalue weighted by Crippen LogP contribution is 2.33. The molecule has 1 saturated heterocycles. The number of carbonyl (C=O) groups is 1. The number of hydrogen-bond donors (Lipinski definition) is 1. The Morgan fingerprint density at radius 3 is 2.68 bits per heavy atom. The maximum atomic E-state index is 13.1. The highest BCUT2D eigenvalue weighted by atomic mass is 16.5. The molecule has 3 heterocycles. The Balaban J connectivity index is 1.23. The van der Waals surface area contributed by atoms with Crippen LogP contribution in [0.4, 0.5) is 0 Å². The molecule has 5 rings (SSSR count). The third kappa shape index (κ3) is 4.47. The number of nitrogens with one attached hydrogen (secondary N) is 1. The van der Waals surface area contributed by atoms with E-state index < -0.39 is 0 Å². The lowest BCUT2D eigenvalue weighted by Gasteiger charge is -2.29. The summed E-state index contributed by atoms with van der Waals surface area (Å²) < 4.78 is 11.7. The van der Waals surface area contributed by atoms with E-state index in [2.05, 4.69) is 42.5 Å². The second-order valence-corrected chi connectivity index (χ2v) is 8.72. The summed E-state index contributed by atoms with van der Waals surface area (Å²) in [6.07, 6.45) is 6.32. The molecule has 2 aromatic carbocycles. The van der Waals surface area contributed by atoms with Gasteiger partial charge in [0.05, 0.1) is 19.8 Å². The van der Waals surface area contributed by atoms with Crippen molar-refractivity contribution in [3.8, 4) is 11.5 Å². The van der Waals surface area contributed by atoms with Gasteiger partial charge in [-0.3, -0.25) is 4.79 Å². The van der Waals surface area contributed by atoms with Crippen LogP contribution < -0.4 is 14.4 Å². The van der Waals surface area contributed by atoms with Crippen molar-refractivity contribution in [2.45, 2.75) is 31.7 Å². The Morgan fingerprint density at radius 1 is 1.03 bits per heavy atom. The minimum Gasteiger partial charge on any atom is -0.490 e. The van der Waals surface area contributed by atoms with Crippen molar-refractivity contribution in [2.24, 2.45) is 0 Å². The minimum atomic E-state index is 0.264. The molecule has 1 N–H and O–H groups in total. The van der Waals surface area contributed by atoms with E-state index in [4.69, 9.17) is 9.47 Å². The van der Waals surface area contributed by atoms with Gasteiger partial charge in [-0.1, -0.05) is 36.4 Å². The Labute approximate surface area is 184 Å². The molecular weight excluding hydrogens is 388 g/mol. The maximum Gasteiger partial charge on any atom is 0.278 e. The summed E-state index contributed by atoms with van der Waals surface area (Å²) in [5.41, 5.74) is 3.88. The molecule has 5 nitrogen and oxygen atoms in total. The zero-order valence-electron chi connectivity index (χ0n) is 18.0. The highest BCUT2D eigenvalue weighted by molar-refractivity contribution is 5.79. The Morgan fingerprint density at radius 2 is 1.87 bits per heavy atom. The first kappa shape index (κ1) is 20.1. The molecule has 5 heteroatoms. The standard InChI is InChI=1S/C26H30N2O3/c29-26(27-14-11-21(12-15-27)20-6-2-1-3-7-20)19-28-13-4-8-23(28)22-9-10-24-25(18-22)31-17-5-16-30-24/h1-3,6-7,9-11,18,23H,4-5,8,12-17,19H2/p+1/t23-/m0/s1. The van der Waals surface area contributed by atoms with Gasteiger partial charge in [0, 0.05) is 37.9 Å². The largest absolute Gasteiger partial charge is 0.490 e. The van der Waals surface area contributed by atoms with Gasteiger partial charge in [0.1, 0.15) is 6.04 Å². The molecule has 0 spiro atoms. The number of amides is 1. The van der Waals surface area contributed by atoms with Gasteiger partial charge < -0.3 is 19.3 Å². The Hall–Kier alpha value is -2.79. The van der Waals surface area contributed by atoms with Crippen LogP contribution in [0.5, 0.6) is 11.5 Å². The Bertz CT molecular complexity index is 956. The monoisotopic (exact) mass is 419 g/mol. The summed E-state index contributed by atoms with van der Waals surface area (Å²) in [6.45, 7) is 4.53. The first-order valence-corrected chi connectivity index (χ1v) is 11.5. The molecule has 0 aliphatic carbocycles. The number of fused-ring (bicyclic) bond motifs is 1. The maximum absolute atomic E-state index is 13.1. The average molecular weight is 420 g/mol. The zero-order valence-corrected chi connectivity index (χ0v) is 18.0. The summed E-state index contributed by atoms with van der Waals surface area (Å²) in [5, 5.41) is 0. The van der Waals surface area contributed by atoms with Crippen molar-refractivity contribution in [1.82, 2.24) is 4.90 Å². The van der Waals surface area contributed by atoms with Crippen LogP contribution in [0.15, 0.2) is 54.6 Å². The van der Waals surface area contributed by atoms with Gasteiger partial charge in [-0.05, 0) is 35.8 Å². The molecule has 1 unspecified atom stereocenters. The second-order valence-electron chi connectivity index (χ2n) is 8.72. The van der Waals surface area contributed by atoms with Crippen LogP contribution >= 0.6 is 0 Å². The molecule has 0 radical (unpaired) electrons. The third-order valence-corrected chi connectivity index (χ3v) is 6.74. The fourth-order valence-electron chi connectivity index (χ4n) is 5.04. The van der Waals surface area contributed by atoms with Gasteiger partial charge in [-0.15, -0.1) is 0 Å². The average Bonchev–Trinajstić information content (AvgIpc) is 3.15. The van der Waals surface area contributed by atoms with Crippen molar-refractivity contribution in [1.29, 1.82) is 0 Å². The Kier molecular flexibility index (Phi) is 5.94. The van der Waals surface area contributed by atoms with Crippen LogP contribution in [-0.4, -0.2) is 50.2 Å². The van der Waals surface area contributed by atoms with E-state index in [1.807, 2.05) is 17.0 Å². The zero-order chi connectivity index (χ0) is 21.0. The van der Waals surface area contributed by atoms with Gasteiger partial charge in [-0.2, -0.15) is 0 Å². The molecule has 3 aliphatic heterocycles. The van der Waals surface area contributed by atoms with Crippen LogP contribution in [-0.2, 0) is 4.79 Å². The van der Waals surface area contributed by atoms with Crippen molar-refractivity contribution in [3.05, 3.63) is 65.7 Å². The van der Waals surface area contributed by atoms with Crippen molar-refractivity contribution < 1.29 is 19.2 Å². The second kappa shape index (κ2) is 9.15. The van der Waals surface area contributed by atoms with Crippen LogP contribution in [0.1, 0.15) is 42.9 Å². The number of likely N-dealkylation sites (tertiary alicyclic amines) is 1. The molecule has 162 valence electrons. The quantitative estimate of drug-likeness (QED) is 0.829. The molecule has 0 bridgehead atoms. The molecular formula is C26H31N2O3+.